The first-order valence-electron chi connectivity index (χ1n) is 9.70. The van der Waals surface area contributed by atoms with Gasteiger partial charge in [0, 0.05) is 19.4 Å². The van der Waals surface area contributed by atoms with E-state index in [-0.39, 0.29) is 24.7 Å². The molecule has 9 heteroatoms. The Labute approximate surface area is 172 Å². The van der Waals surface area contributed by atoms with Gasteiger partial charge in [-0.3, -0.25) is 24.6 Å². The molecular formula is C20H23N5O3S. The van der Waals surface area contributed by atoms with Gasteiger partial charge in [-0.05, 0) is 31.4 Å². The molecule has 1 saturated heterocycles. The number of fused-ring (bicyclic) bond motifs is 3. The Kier molecular flexibility index (Phi) is 4.85. The van der Waals surface area contributed by atoms with Crippen molar-refractivity contribution in [2.75, 3.05) is 16.8 Å². The number of nitrogens with one attached hydrogen (secondary N) is 1. The third-order valence-corrected chi connectivity index (χ3v) is 6.17. The maximum atomic E-state index is 13.6. The average Bonchev–Trinajstić information content (AvgIpc) is 3.25. The van der Waals surface area contributed by atoms with Gasteiger partial charge in [-0.15, -0.1) is 10.2 Å². The summed E-state index contributed by atoms with van der Waals surface area (Å²) in [7, 11) is 0. The van der Waals surface area contributed by atoms with Gasteiger partial charge in [0.1, 0.15) is 5.01 Å². The molecule has 0 saturated carbocycles. The van der Waals surface area contributed by atoms with Crippen LogP contribution in [0, 0.1) is 12.8 Å². The van der Waals surface area contributed by atoms with Gasteiger partial charge in [-0.1, -0.05) is 37.3 Å². The second-order valence-corrected chi connectivity index (χ2v) is 8.96. The molecule has 29 heavy (non-hydrogen) atoms. The molecule has 8 nitrogen and oxygen atoms in total. The maximum Gasteiger partial charge on any atom is 0.273 e. The highest BCUT2D eigenvalue weighted by Gasteiger charge is 2.60. The molecule has 4 rings (SSSR count). The number of para-hydroxylation sites is 1. The highest BCUT2D eigenvalue weighted by Crippen LogP contribution is 2.45. The van der Waals surface area contributed by atoms with Gasteiger partial charge in [0.25, 0.3) is 11.8 Å². The van der Waals surface area contributed by atoms with E-state index in [1.165, 1.54) is 16.2 Å². The lowest BCUT2D eigenvalue weighted by atomic mass is 9.94. The fourth-order valence-electron chi connectivity index (χ4n) is 4.02. The Bertz CT molecular complexity index is 988. The highest BCUT2D eigenvalue weighted by molar-refractivity contribution is 7.15. The Hall–Kier alpha value is -2.81. The number of aromatic nitrogens is 2. The lowest BCUT2D eigenvalue weighted by molar-refractivity contribution is -0.129. The average molecular weight is 414 g/mol. The molecule has 1 fully saturated rings. The largest absolute Gasteiger partial charge is 0.307 e. The van der Waals surface area contributed by atoms with Crippen LogP contribution in [0.15, 0.2) is 24.3 Å². The van der Waals surface area contributed by atoms with Crippen LogP contribution in [-0.2, 0) is 9.59 Å². The van der Waals surface area contributed by atoms with Crippen LogP contribution in [0.4, 0.5) is 10.8 Å². The normalized spacial score (nSPS) is 20.8. The number of anilines is 2. The third kappa shape index (κ3) is 3.09. The Morgan fingerprint density at radius 2 is 2.03 bits per heavy atom. The molecule has 1 N–H and O–H groups in total. The summed E-state index contributed by atoms with van der Waals surface area (Å²) in [5, 5.41) is 11.8. The molecule has 0 radical (unpaired) electrons. The van der Waals surface area contributed by atoms with Gasteiger partial charge < -0.3 is 4.90 Å². The van der Waals surface area contributed by atoms with E-state index in [0.717, 1.165) is 11.4 Å². The summed E-state index contributed by atoms with van der Waals surface area (Å²) >= 11 is 1.26. The fraction of sp³-hybridized carbons (Fsp3) is 0.450. The van der Waals surface area contributed by atoms with Crippen LogP contribution in [0.2, 0.25) is 0 Å². The Balaban J connectivity index is 1.82. The van der Waals surface area contributed by atoms with E-state index in [9.17, 15) is 14.4 Å². The minimum Gasteiger partial charge on any atom is -0.307 e. The smallest absolute Gasteiger partial charge is 0.273 e. The van der Waals surface area contributed by atoms with Crippen molar-refractivity contribution >= 4 is 39.9 Å². The van der Waals surface area contributed by atoms with Crippen molar-refractivity contribution in [3.63, 3.8) is 0 Å². The molecule has 152 valence electrons. The minimum atomic E-state index is -1.39. The number of rotatable bonds is 5. The first-order chi connectivity index (χ1) is 13.8. The summed E-state index contributed by atoms with van der Waals surface area (Å²) in [5.41, 5.74) is -0.456. The summed E-state index contributed by atoms with van der Waals surface area (Å²) in [6, 6.07) is 6.99. The molecule has 1 aromatic heterocycles. The number of carbonyl (C=O) groups excluding carboxylic acids is 3. The second-order valence-electron chi connectivity index (χ2n) is 7.78. The van der Waals surface area contributed by atoms with Gasteiger partial charge in [0.05, 0.1) is 11.3 Å². The predicted octanol–water partition coefficient (Wildman–Crippen LogP) is 2.81. The molecule has 3 heterocycles. The number of benzene rings is 1. The van der Waals surface area contributed by atoms with E-state index in [1.807, 2.05) is 0 Å². The first-order valence-corrected chi connectivity index (χ1v) is 10.5. The van der Waals surface area contributed by atoms with Crippen LogP contribution in [0.25, 0.3) is 0 Å². The molecule has 3 amide bonds. The van der Waals surface area contributed by atoms with Crippen LogP contribution in [0.1, 0.15) is 48.5 Å². The molecule has 2 aliphatic rings. The predicted molar refractivity (Wildman–Crippen MR) is 110 cm³/mol. The first kappa shape index (κ1) is 19.5. The third-order valence-electron chi connectivity index (χ3n) is 5.41. The number of amides is 3. The summed E-state index contributed by atoms with van der Waals surface area (Å²) in [6.07, 6.45) is 1.17. The second kappa shape index (κ2) is 7.22. The minimum absolute atomic E-state index is 0.164. The van der Waals surface area contributed by atoms with Crippen LogP contribution < -0.4 is 10.2 Å². The molecular weight excluding hydrogens is 390 g/mol. The van der Waals surface area contributed by atoms with Gasteiger partial charge >= 0.3 is 0 Å². The zero-order valence-corrected chi connectivity index (χ0v) is 17.5. The number of hydrogen-bond acceptors (Lipinski definition) is 6. The van der Waals surface area contributed by atoms with Gasteiger partial charge in [0.2, 0.25) is 16.7 Å². The van der Waals surface area contributed by atoms with E-state index < -0.39 is 11.6 Å². The number of carbonyl (C=O) groups is 3. The molecule has 1 atom stereocenters. The molecule has 2 aromatic rings. The molecule has 1 unspecified atom stereocenters. The molecule has 0 spiro atoms. The standard InChI is InChI=1S/C20H23N5O3S/c1-12(2)9-11-24-17(27)14-6-4-5-7-15(14)25-16(26)8-10-20(24,25)18(28)21-19-23-22-13(3)29-19/h4-7,12H,8-11H2,1-3H3,(H,21,23,28). The summed E-state index contributed by atoms with van der Waals surface area (Å²) in [6.45, 7) is 6.32. The van der Waals surface area contributed by atoms with Gasteiger partial charge in [-0.25, -0.2) is 0 Å². The van der Waals surface area contributed by atoms with Crippen LogP contribution in [-0.4, -0.2) is 45.0 Å². The maximum absolute atomic E-state index is 13.6. The van der Waals surface area contributed by atoms with Crippen molar-refractivity contribution in [2.24, 2.45) is 5.92 Å². The lowest BCUT2D eigenvalue weighted by Gasteiger charge is -2.49. The van der Waals surface area contributed by atoms with Crippen molar-refractivity contribution in [3.8, 4) is 0 Å². The number of nitrogens with zero attached hydrogens (tertiary/aromatic N) is 4. The molecule has 1 aromatic carbocycles. The fourth-order valence-corrected chi connectivity index (χ4v) is 4.61. The van der Waals surface area contributed by atoms with Gasteiger partial charge in [-0.2, -0.15) is 0 Å². The summed E-state index contributed by atoms with van der Waals surface area (Å²) in [5.74, 6) is -0.471. The van der Waals surface area contributed by atoms with E-state index in [1.54, 1.807) is 36.1 Å². The van der Waals surface area contributed by atoms with Crippen LogP contribution >= 0.6 is 11.3 Å². The quantitative estimate of drug-likeness (QED) is 0.813. The van der Waals surface area contributed by atoms with E-state index in [2.05, 4.69) is 29.4 Å². The van der Waals surface area contributed by atoms with Crippen molar-refractivity contribution < 1.29 is 14.4 Å². The van der Waals surface area contributed by atoms with Crippen molar-refractivity contribution in [1.82, 2.24) is 15.1 Å². The molecule has 0 bridgehead atoms. The SMILES string of the molecule is Cc1nnc(NC(=O)C23CCC(=O)N2c2ccccc2C(=O)N3CCC(C)C)s1. The molecule has 0 aliphatic carbocycles. The Morgan fingerprint density at radius 3 is 2.72 bits per heavy atom. The molecule has 2 aliphatic heterocycles. The van der Waals surface area contributed by atoms with Crippen LogP contribution in [0.5, 0.6) is 0 Å². The monoisotopic (exact) mass is 413 g/mol. The van der Waals surface area contributed by atoms with Crippen molar-refractivity contribution in [3.05, 3.63) is 34.8 Å². The van der Waals surface area contributed by atoms with Gasteiger partial charge in [0.15, 0.2) is 0 Å². The van der Waals surface area contributed by atoms with E-state index in [4.69, 9.17) is 0 Å². The lowest BCUT2D eigenvalue weighted by Crippen LogP contribution is -2.69. The summed E-state index contributed by atoms with van der Waals surface area (Å²) < 4.78 is 0. The zero-order valence-electron chi connectivity index (χ0n) is 16.6. The van der Waals surface area contributed by atoms with Crippen molar-refractivity contribution in [2.45, 2.75) is 45.7 Å². The van der Waals surface area contributed by atoms with Crippen molar-refractivity contribution in [1.29, 1.82) is 0 Å². The van der Waals surface area contributed by atoms with E-state index >= 15 is 0 Å². The number of aryl methyl sites for hydroxylation is 1. The highest BCUT2D eigenvalue weighted by atomic mass is 32.1. The zero-order chi connectivity index (χ0) is 20.8. The Morgan fingerprint density at radius 1 is 1.28 bits per heavy atom. The van der Waals surface area contributed by atoms with Crippen LogP contribution in [0.3, 0.4) is 0 Å². The number of hydrogen-bond donors (Lipinski definition) is 1. The summed E-state index contributed by atoms with van der Waals surface area (Å²) in [4.78, 5) is 43.0. The van der Waals surface area contributed by atoms with E-state index in [0.29, 0.717) is 28.8 Å². The topological polar surface area (TPSA) is 95.5 Å².